The third kappa shape index (κ3) is 1.14. The van der Waals surface area contributed by atoms with E-state index in [1.54, 1.807) is 0 Å². The molecule has 0 N–H and O–H groups in total. The number of esters is 1. The summed E-state index contributed by atoms with van der Waals surface area (Å²) in [4.78, 5) is 10.3. The second kappa shape index (κ2) is 2.35. The Bertz CT molecular complexity index is 121. The van der Waals surface area contributed by atoms with Crippen LogP contribution in [-0.4, -0.2) is 23.3 Å². The lowest BCUT2D eigenvalue weighted by atomic mass is 9.99. The molecule has 0 amide bonds. The first-order chi connectivity index (χ1) is 4.22. The highest BCUT2D eigenvalue weighted by molar-refractivity contribution is 6.22. The largest absolute Gasteiger partial charge is 0.456 e. The van der Waals surface area contributed by atoms with E-state index in [9.17, 15) is 4.79 Å². The highest BCUT2D eigenvalue weighted by Gasteiger charge is 2.44. The normalized spacial score (nSPS) is 22.7. The molecule has 1 heterocycles. The van der Waals surface area contributed by atoms with Crippen molar-refractivity contribution < 1.29 is 9.53 Å². The zero-order valence-corrected chi connectivity index (χ0v) is 6.21. The molecule has 0 bridgehead atoms. The van der Waals surface area contributed by atoms with E-state index >= 15 is 0 Å². The summed E-state index contributed by atoms with van der Waals surface area (Å²) < 4.78 is 4.72. The van der Waals surface area contributed by atoms with Crippen LogP contribution in [0.25, 0.3) is 0 Å². The topological polar surface area (TPSA) is 26.3 Å². The first-order valence-electron chi connectivity index (χ1n) is 2.56. The predicted molar refractivity (Wildman–Crippen MR) is 34.9 cm³/mol. The van der Waals surface area contributed by atoms with Crippen molar-refractivity contribution in [3.8, 4) is 0 Å². The van der Waals surface area contributed by atoms with Gasteiger partial charge in [0.15, 0.2) is 0 Å². The molecule has 1 fully saturated rings. The second-order valence-electron chi connectivity index (χ2n) is 2.10. The van der Waals surface area contributed by atoms with Crippen LogP contribution in [0.5, 0.6) is 0 Å². The van der Waals surface area contributed by atoms with Crippen molar-refractivity contribution >= 4 is 29.2 Å². The summed E-state index contributed by atoms with van der Waals surface area (Å²) in [7, 11) is 0. The third-order valence-corrected chi connectivity index (χ3v) is 2.26. The van der Waals surface area contributed by atoms with Gasteiger partial charge in [-0.05, 0) is 0 Å². The van der Waals surface area contributed by atoms with Gasteiger partial charge >= 0.3 is 5.97 Å². The van der Waals surface area contributed by atoms with Crippen molar-refractivity contribution in [2.45, 2.75) is 12.0 Å². The summed E-state index contributed by atoms with van der Waals surface area (Å²) in [6.45, 7) is 0. The quantitative estimate of drug-likeness (QED) is 0.457. The van der Waals surface area contributed by atoms with Gasteiger partial charge < -0.3 is 4.74 Å². The maximum absolute atomic E-state index is 10.3. The van der Waals surface area contributed by atoms with Crippen molar-refractivity contribution in [3.05, 3.63) is 0 Å². The Morgan fingerprint density at radius 1 is 1.56 bits per heavy atom. The number of carbonyl (C=O) groups is 1. The second-order valence-corrected chi connectivity index (χ2v) is 2.64. The number of alkyl halides is 2. The number of cyclic esters (lactones) is 1. The number of carbonyl (C=O) groups excluding carboxylic acids is 1. The molecule has 0 aromatic rings. The molecule has 0 radical (unpaired) electrons. The van der Waals surface area contributed by atoms with Crippen LogP contribution in [0.1, 0.15) is 6.42 Å². The molecule has 0 unspecified atom stereocenters. The average molecular weight is 169 g/mol. The van der Waals surface area contributed by atoms with E-state index < -0.39 is 5.60 Å². The van der Waals surface area contributed by atoms with Gasteiger partial charge in [0.1, 0.15) is 5.60 Å². The Balaban J connectivity index is 2.44. The molecule has 0 spiro atoms. The molecule has 0 saturated carbocycles. The van der Waals surface area contributed by atoms with Crippen molar-refractivity contribution in [1.82, 2.24) is 0 Å². The number of hydrogen-bond donors (Lipinski definition) is 0. The molecule has 0 atom stereocenters. The van der Waals surface area contributed by atoms with Crippen LogP contribution in [0.2, 0.25) is 0 Å². The van der Waals surface area contributed by atoms with Gasteiger partial charge in [0.25, 0.3) is 0 Å². The zero-order valence-electron chi connectivity index (χ0n) is 4.69. The van der Waals surface area contributed by atoms with E-state index in [1.807, 2.05) is 0 Å². The van der Waals surface area contributed by atoms with Gasteiger partial charge in [-0.15, -0.1) is 23.2 Å². The van der Waals surface area contributed by atoms with Crippen molar-refractivity contribution in [2.75, 3.05) is 11.8 Å². The first kappa shape index (κ1) is 7.16. The summed E-state index contributed by atoms with van der Waals surface area (Å²) in [5.74, 6) is 0.376. The molecular formula is C5H6Cl2O2. The summed E-state index contributed by atoms with van der Waals surface area (Å²) in [6, 6.07) is 0. The molecule has 1 aliphatic rings. The van der Waals surface area contributed by atoms with Crippen LogP contribution in [0.3, 0.4) is 0 Å². The molecule has 1 saturated heterocycles. The Morgan fingerprint density at radius 3 is 2.11 bits per heavy atom. The minimum atomic E-state index is -0.541. The van der Waals surface area contributed by atoms with Crippen molar-refractivity contribution in [3.63, 3.8) is 0 Å². The smallest absolute Gasteiger partial charge is 0.310 e. The highest BCUT2D eigenvalue weighted by atomic mass is 35.5. The number of hydrogen-bond acceptors (Lipinski definition) is 2. The lowest BCUT2D eigenvalue weighted by Crippen LogP contribution is -2.50. The fourth-order valence-corrected chi connectivity index (χ4v) is 1.26. The summed E-state index contributed by atoms with van der Waals surface area (Å²) in [5.41, 5.74) is -0.541. The van der Waals surface area contributed by atoms with Crippen molar-refractivity contribution in [2.24, 2.45) is 0 Å². The number of ether oxygens (including phenoxy) is 1. The van der Waals surface area contributed by atoms with Gasteiger partial charge in [0.05, 0.1) is 18.2 Å². The summed E-state index contributed by atoms with van der Waals surface area (Å²) in [5, 5.41) is 0. The van der Waals surface area contributed by atoms with E-state index in [-0.39, 0.29) is 5.97 Å². The monoisotopic (exact) mass is 168 g/mol. The van der Waals surface area contributed by atoms with Crippen LogP contribution in [0, 0.1) is 0 Å². The van der Waals surface area contributed by atoms with Gasteiger partial charge in [-0.1, -0.05) is 0 Å². The van der Waals surface area contributed by atoms with Gasteiger partial charge in [-0.25, -0.2) is 0 Å². The van der Waals surface area contributed by atoms with E-state index in [0.717, 1.165) is 0 Å². The lowest BCUT2D eigenvalue weighted by Gasteiger charge is -2.36. The zero-order chi connectivity index (χ0) is 6.91. The molecule has 1 aliphatic heterocycles. The number of rotatable bonds is 2. The Hall–Kier alpha value is 0.0500. The average Bonchev–Trinajstić information content (AvgIpc) is 1.81. The van der Waals surface area contributed by atoms with Gasteiger partial charge in [0.2, 0.25) is 0 Å². The Morgan fingerprint density at radius 2 is 2.00 bits per heavy atom. The van der Waals surface area contributed by atoms with Gasteiger partial charge in [-0.2, -0.15) is 0 Å². The summed E-state index contributed by atoms with van der Waals surface area (Å²) in [6.07, 6.45) is 0.361. The molecule has 4 heteroatoms. The number of halogens is 2. The fourth-order valence-electron chi connectivity index (χ4n) is 0.681. The van der Waals surface area contributed by atoms with Crippen LogP contribution in [0.15, 0.2) is 0 Å². The van der Waals surface area contributed by atoms with Crippen LogP contribution < -0.4 is 0 Å². The summed E-state index contributed by atoms with van der Waals surface area (Å²) >= 11 is 10.9. The molecule has 52 valence electrons. The van der Waals surface area contributed by atoms with E-state index in [0.29, 0.717) is 18.2 Å². The fraction of sp³-hybridized carbons (Fsp3) is 0.800. The standard InChI is InChI=1S/C5H6Cl2O2/c6-2-5(3-7)1-4(8)9-5/h1-3H2. The maximum atomic E-state index is 10.3. The molecule has 1 rings (SSSR count). The molecule has 0 aromatic heterocycles. The highest BCUT2D eigenvalue weighted by Crippen LogP contribution is 2.30. The Kier molecular flexibility index (Phi) is 1.87. The molecule has 0 aliphatic carbocycles. The van der Waals surface area contributed by atoms with E-state index in [4.69, 9.17) is 27.9 Å². The molecule has 0 aromatic carbocycles. The van der Waals surface area contributed by atoms with E-state index in [2.05, 4.69) is 0 Å². The Labute approximate surface area is 63.1 Å². The maximum Gasteiger partial charge on any atom is 0.310 e. The molecule has 9 heavy (non-hydrogen) atoms. The third-order valence-electron chi connectivity index (χ3n) is 1.28. The van der Waals surface area contributed by atoms with E-state index in [1.165, 1.54) is 0 Å². The minimum absolute atomic E-state index is 0.212. The minimum Gasteiger partial charge on any atom is -0.456 e. The van der Waals surface area contributed by atoms with Crippen molar-refractivity contribution in [1.29, 1.82) is 0 Å². The van der Waals surface area contributed by atoms with Crippen LogP contribution in [0.4, 0.5) is 0 Å². The first-order valence-corrected chi connectivity index (χ1v) is 3.63. The SMILES string of the molecule is O=C1CC(CCl)(CCl)O1. The predicted octanol–water partition coefficient (Wildman–Crippen LogP) is 1.15. The molecule has 2 nitrogen and oxygen atoms in total. The van der Waals surface area contributed by atoms with Crippen LogP contribution in [-0.2, 0) is 9.53 Å². The van der Waals surface area contributed by atoms with Gasteiger partial charge in [0, 0.05) is 0 Å². The van der Waals surface area contributed by atoms with Gasteiger partial charge in [-0.3, -0.25) is 4.79 Å². The molecular weight excluding hydrogens is 163 g/mol. The lowest BCUT2D eigenvalue weighted by molar-refractivity contribution is -0.182. The van der Waals surface area contributed by atoms with Crippen LogP contribution >= 0.6 is 23.2 Å².